The molecule has 0 N–H and O–H groups in total. The summed E-state index contributed by atoms with van der Waals surface area (Å²) in [6.45, 7) is 4.64. The van der Waals surface area contributed by atoms with E-state index >= 15 is 0 Å². The summed E-state index contributed by atoms with van der Waals surface area (Å²) >= 11 is -1.20. The van der Waals surface area contributed by atoms with E-state index in [4.69, 9.17) is 9.47 Å². The number of hydrogen-bond donors (Lipinski definition) is 0. The maximum absolute atomic E-state index is 14.6. The SMILES string of the molecule is CC(C)OC(=O)N1CCC(Oc2ncnc([AsH]c3ccc(N(C)C)cc3F)c2C#N)CC1. The third-order valence-electron chi connectivity index (χ3n) is 4.96. The Kier molecular flexibility index (Phi) is 7.92. The van der Waals surface area contributed by atoms with Crippen LogP contribution < -0.4 is 18.5 Å². The molecule has 0 spiro atoms. The van der Waals surface area contributed by atoms with E-state index < -0.39 is 15.8 Å². The van der Waals surface area contributed by atoms with Crippen molar-refractivity contribution in [2.45, 2.75) is 38.9 Å². The minimum absolute atomic E-state index is 0.165. The van der Waals surface area contributed by atoms with Gasteiger partial charge < -0.3 is 0 Å². The number of hydrogen-bond acceptors (Lipinski definition) is 7. The van der Waals surface area contributed by atoms with Gasteiger partial charge >= 0.3 is 194 Å². The van der Waals surface area contributed by atoms with Crippen LogP contribution in [-0.2, 0) is 4.74 Å². The van der Waals surface area contributed by atoms with Gasteiger partial charge in [0.1, 0.15) is 0 Å². The van der Waals surface area contributed by atoms with E-state index in [0.29, 0.717) is 34.8 Å². The molecule has 2 aromatic rings. The molecule has 1 aliphatic heterocycles. The molecule has 1 aromatic carbocycles. The van der Waals surface area contributed by atoms with Crippen molar-refractivity contribution in [2.75, 3.05) is 32.1 Å². The van der Waals surface area contributed by atoms with Crippen LogP contribution in [0.3, 0.4) is 0 Å². The quantitative estimate of drug-likeness (QED) is 0.550. The zero-order valence-electron chi connectivity index (χ0n) is 18.6. The third kappa shape index (κ3) is 5.89. The number of carbonyl (C=O) groups excluding carboxylic acids is 1. The Balaban J connectivity index is 1.69. The standard InChI is InChI=1S/C22H27AsFN5O3/c1-14(2)31-22(30)29-9-7-16(8-10-29)32-21-17(12-25)20(26-13-27-21)23-18-6-5-15(28(3)4)11-19(18)24/h5-6,11,13-14,16,23H,7-10H2,1-4H3. The molecule has 170 valence electrons. The molecule has 2 heterocycles. The second-order valence-electron chi connectivity index (χ2n) is 7.93. The molecule has 0 bridgehead atoms. The molecule has 1 aliphatic rings. The topological polar surface area (TPSA) is 91.6 Å². The van der Waals surface area contributed by atoms with E-state index in [1.807, 2.05) is 38.9 Å². The molecule has 1 amide bonds. The fourth-order valence-electron chi connectivity index (χ4n) is 3.26. The number of ether oxygens (including phenoxy) is 2. The summed E-state index contributed by atoms with van der Waals surface area (Å²) in [4.78, 5) is 23.9. The number of anilines is 1. The summed E-state index contributed by atoms with van der Waals surface area (Å²) in [5.74, 6) is -0.0865. The van der Waals surface area contributed by atoms with Gasteiger partial charge in [-0.3, -0.25) is 0 Å². The van der Waals surface area contributed by atoms with Crippen molar-refractivity contribution < 1.29 is 18.7 Å². The summed E-state index contributed by atoms with van der Waals surface area (Å²) in [5.41, 5.74) is 1.03. The number of piperidine rings is 1. The molecule has 1 saturated heterocycles. The molecular weight excluding hydrogens is 476 g/mol. The van der Waals surface area contributed by atoms with Crippen molar-refractivity contribution in [3.05, 3.63) is 35.9 Å². The Hall–Kier alpha value is -2.85. The van der Waals surface area contributed by atoms with Gasteiger partial charge in [0.15, 0.2) is 0 Å². The zero-order chi connectivity index (χ0) is 23.3. The molecule has 0 aliphatic carbocycles. The van der Waals surface area contributed by atoms with Crippen LogP contribution in [0.15, 0.2) is 24.5 Å². The number of aromatic nitrogens is 2. The van der Waals surface area contributed by atoms with Gasteiger partial charge in [-0.2, -0.15) is 0 Å². The van der Waals surface area contributed by atoms with Gasteiger partial charge in [-0.25, -0.2) is 0 Å². The Labute approximate surface area is 194 Å². The van der Waals surface area contributed by atoms with Crippen LogP contribution in [0.1, 0.15) is 32.3 Å². The van der Waals surface area contributed by atoms with Crippen LogP contribution >= 0.6 is 0 Å². The third-order valence-corrected chi connectivity index (χ3v) is 7.67. The van der Waals surface area contributed by atoms with Crippen molar-refractivity contribution in [1.82, 2.24) is 14.9 Å². The van der Waals surface area contributed by atoms with E-state index in [-0.39, 0.29) is 35.6 Å². The molecule has 1 aromatic heterocycles. The fourth-order valence-corrected chi connectivity index (χ4v) is 5.40. The number of halogens is 1. The molecule has 3 rings (SSSR count). The van der Waals surface area contributed by atoms with Crippen LogP contribution in [0.4, 0.5) is 14.9 Å². The van der Waals surface area contributed by atoms with Crippen molar-refractivity contribution in [2.24, 2.45) is 0 Å². The minimum atomic E-state index is -1.20. The van der Waals surface area contributed by atoms with E-state index in [9.17, 15) is 14.4 Å². The molecule has 1 unspecified atom stereocenters. The molecule has 1 atom stereocenters. The van der Waals surface area contributed by atoms with Crippen LogP contribution in [0.25, 0.3) is 0 Å². The molecular formula is C22H27AsFN5O3. The Morgan fingerprint density at radius 3 is 2.62 bits per heavy atom. The Morgan fingerprint density at radius 2 is 2.03 bits per heavy atom. The molecule has 32 heavy (non-hydrogen) atoms. The second kappa shape index (κ2) is 10.6. The van der Waals surface area contributed by atoms with Crippen molar-refractivity contribution >= 4 is 36.4 Å². The van der Waals surface area contributed by atoms with Gasteiger partial charge in [0, 0.05) is 0 Å². The molecule has 1 fully saturated rings. The fraction of sp³-hybridized carbons (Fsp3) is 0.455. The summed E-state index contributed by atoms with van der Waals surface area (Å²) in [6, 6.07) is 7.23. The average Bonchev–Trinajstić information content (AvgIpc) is 2.75. The number of rotatable bonds is 6. The summed E-state index contributed by atoms with van der Waals surface area (Å²) in [7, 11) is 3.70. The Bertz CT molecular complexity index is 1000. The first-order valence-corrected chi connectivity index (χ1v) is 12.5. The van der Waals surface area contributed by atoms with E-state index in [0.717, 1.165) is 5.69 Å². The first kappa shape index (κ1) is 23.8. The van der Waals surface area contributed by atoms with E-state index in [1.165, 1.54) is 12.4 Å². The number of nitriles is 1. The second-order valence-corrected chi connectivity index (χ2v) is 10.6. The van der Waals surface area contributed by atoms with Crippen LogP contribution in [0, 0.1) is 17.1 Å². The van der Waals surface area contributed by atoms with Gasteiger partial charge in [-0.15, -0.1) is 0 Å². The average molecular weight is 503 g/mol. The van der Waals surface area contributed by atoms with Gasteiger partial charge in [0.05, 0.1) is 0 Å². The van der Waals surface area contributed by atoms with Gasteiger partial charge in [0.25, 0.3) is 0 Å². The zero-order valence-corrected chi connectivity index (χ0v) is 20.7. The molecule has 0 radical (unpaired) electrons. The first-order chi connectivity index (χ1) is 15.3. The number of carbonyl (C=O) groups is 1. The van der Waals surface area contributed by atoms with E-state index in [1.54, 1.807) is 11.0 Å². The number of amides is 1. The van der Waals surface area contributed by atoms with E-state index in [2.05, 4.69) is 16.0 Å². The van der Waals surface area contributed by atoms with Crippen molar-refractivity contribution in [3.63, 3.8) is 0 Å². The summed E-state index contributed by atoms with van der Waals surface area (Å²) < 4.78 is 26.9. The molecule has 0 saturated carbocycles. The predicted octanol–water partition coefficient (Wildman–Crippen LogP) is 1.33. The summed E-state index contributed by atoms with van der Waals surface area (Å²) in [5, 5.41) is 9.73. The summed E-state index contributed by atoms with van der Waals surface area (Å²) in [6.07, 6.45) is 1.90. The van der Waals surface area contributed by atoms with Crippen LogP contribution in [0.5, 0.6) is 5.88 Å². The first-order valence-electron chi connectivity index (χ1n) is 10.4. The van der Waals surface area contributed by atoms with Gasteiger partial charge in [0.2, 0.25) is 0 Å². The van der Waals surface area contributed by atoms with Crippen molar-refractivity contribution in [1.29, 1.82) is 5.26 Å². The van der Waals surface area contributed by atoms with Crippen LogP contribution in [-0.4, -0.2) is 76.1 Å². The number of nitrogens with zero attached hydrogens (tertiary/aromatic N) is 5. The predicted molar refractivity (Wildman–Crippen MR) is 121 cm³/mol. The number of likely N-dealkylation sites (tertiary alicyclic amines) is 1. The molecule has 10 heteroatoms. The van der Waals surface area contributed by atoms with Crippen molar-refractivity contribution in [3.8, 4) is 11.9 Å². The van der Waals surface area contributed by atoms with Gasteiger partial charge in [-0.1, -0.05) is 0 Å². The molecule has 8 nitrogen and oxygen atoms in total. The Morgan fingerprint density at radius 1 is 1.31 bits per heavy atom. The monoisotopic (exact) mass is 503 g/mol. The number of benzene rings is 1. The van der Waals surface area contributed by atoms with Gasteiger partial charge in [-0.05, 0) is 0 Å². The maximum atomic E-state index is 14.6. The normalized spacial score (nSPS) is 14.6. The van der Waals surface area contributed by atoms with Crippen LogP contribution in [0.2, 0.25) is 0 Å².